The van der Waals surface area contributed by atoms with Gasteiger partial charge in [0.15, 0.2) is 0 Å². The van der Waals surface area contributed by atoms with Crippen molar-refractivity contribution in [3.63, 3.8) is 0 Å². The summed E-state index contributed by atoms with van der Waals surface area (Å²) in [7, 11) is 0. The van der Waals surface area contributed by atoms with Gasteiger partial charge in [-0.15, -0.1) is 12.8 Å². The second kappa shape index (κ2) is 7.54. The van der Waals surface area contributed by atoms with Crippen LogP contribution < -0.4 is 0 Å². The molecule has 2 heteroatoms. The number of hydrogen-bond acceptors (Lipinski definition) is 2. The lowest BCUT2D eigenvalue weighted by Gasteiger charge is -2.04. The number of benzene rings is 1. The highest BCUT2D eigenvalue weighted by atomic mass is 16.5. The van der Waals surface area contributed by atoms with Crippen LogP contribution in [-0.4, -0.2) is 13.2 Å². The van der Waals surface area contributed by atoms with Gasteiger partial charge in [-0.25, -0.2) is 0 Å². The summed E-state index contributed by atoms with van der Waals surface area (Å²) in [5.41, 5.74) is 2.19. The molecule has 0 aliphatic carbocycles. The van der Waals surface area contributed by atoms with Crippen LogP contribution >= 0.6 is 0 Å². The van der Waals surface area contributed by atoms with Gasteiger partial charge in [-0.05, 0) is 11.1 Å². The van der Waals surface area contributed by atoms with Crippen LogP contribution in [0.1, 0.15) is 11.1 Å². The zero-order valence-electron chi connectivity index (χ0n) is 9.11. The van der Waals surface area contributed by atoms with Gasteiger partial charge in [0.2, 0.25) is 0 Å². The van der Waals surface area contributed by atoms with Crippen molar-refractivity contribution in [2.45, 2.75) is 13.2 Å². The molecule has 0 aromatic heterocycles. The third kappa shape index (κ3) is 4.66. The molecule has 82 valence electrons. The van der Waals surface area contributed by atoms with E-state index in [1.54, 1.807) is 0 Å². The second-order valence-electron chi connectivity index (χ2n) is 3.21. The van der Waals surface area contributed by atoms with Crippen molar-refractivity contribution < 1.29 is 9.47 Å². The molecule has 0 saturated heterocycles. The van der Waals surface area contributed by atoms with Crippen molar-refractivity contribution in [1.82, 2.24) is 0 Å². The summed E-state index contributed by atoms with van der Waals surface area (Å²) in [6.07, 6.45) is 10.2. The Hall–Kier alpha value is -1.74. The molecule has 0 bridgehead atoms. The average Bonchev–Trinajstić information content (AvgIpc) is 2.32. The zero-order chi connectivity index (χ0) is 11.6. The minimum absolute atomic E-state index is 0.340. The molecule has 2 nitrogen and oxygen atoms in total. The lowest BCUT2D eigenvalue weighted by atomic mass is 10.1. The van der Waals surface area contributed by atoms with Crippen LogP contribution in [0.3, 0.4) is 0 Å². The van der Waals surface area contributed by atoms with E-state index >= 15 is 0 Å². The molecule has 0 aliphatic rings. The van der Waals surface area contributed by atoms with Crippen molar-refractivity contribution >= 4 is 0 Å². The number of ether oxygens (including phenoxy) is 2. The standard InChI is InChI=1S/C14H14O2/c1-3-9-15-11-13-5-7-14(8-6-13)12-16-10-4-2/h1-2,5-8H,9-12H2. The molecule has 0 spiro atoms. The minimum Gasteiger partial charge on any atom is -0.364 e. The van der Waals surface area contributed by atoms with Crippen molar-refractivity contribution in [2.75, 3.05) is 13.2 Å². The highest BCUT2D eigenvalue weighted by Crippen LogP contribution is 2.06. The summed E-state index contributed by atoms with van der Waals surface area (Å²) < 4.78 is 10.4. The molecule has 0 heterocycles. The van der Waals surface area contributed by atoms with Crippen LogP contribution in [0.5, 0.6) is 0 Å². The number of terminal acetylenes is 2. The predicted octanol–water partition coefficient (Wildman–Crippen LogP) is 1.99. The largest absolute Gasteiger partial charge is 0.364 e. The quantitative estimate of drug-likeness (QED) is 0.532. The van der Waals surface area contributed by atoms with Crippen LogP contribution in [0.25, 0.3) is 0 Å². The second-order valence-corrected chi connectivity index (χ2v) is 3.21. The Morgan fingerprint density at radius 2 is 1.19 bits per heavy atom. The SMILES string of the molecule is C#CCOCc1ccc(COCC#C)cc1. The smallest absolute Gasteiger partial charge is 0.107 e. The summed E-state index contributed by atoms with van der Waals surface area (Å²) >= 11 is 0. The average molecular weight is 214 g/mol. The van der Waals surface area contributed by atoms with Gasteiger partial charge < -0.3 is 9.47 Å². The lowest BCUT2D eigenvalue weighted by Crippen LogP contribution is -1.95. The van der Waals surface area contributed by atoms with E-state index in [-0.39, 0.29) is 0 Å². The van der Waals surface area contributed by atoms with E-state index in [1.165, 1.54) is 0 Å². The maximum absolute atomic E-state index is 5.21. The fourth-order valence-corrected chi connectivity index (χ4v) is 1.19. The Kier molecular flexibility index (Phi) is 5.81. The summed E-state index contributed by atoms with van der Waals surface area (Å²) in [5, 5.41) is 0. The number of hydrogen-bond donors (Lipinski definition) is 0. The molecular formula is C14H14O2. The molecule has 1 aromatic rings. The molecule has 0 aliphatic heterocycles. The molecule has 0 amide bonds. The van der Waals surface area contributed by atoms with Gasteiger partial charge in [0.1, 0.15) is 13.2 Å². The molecule has 0 N–H and O–H groups in total. The first kappa shape index (κ1) is 12.3. The molecule has 0 atom stereocenters. The van der Waals surface area contributed by atoms with Gasteiger partial charge >= 0.3 is 0 Å². The summed E-state index contributed by atoms with van der Waals surface area (Å²) in [6, 6.07) is 7.96. The first-order valence-electron chi connectivity index (χ1n) is 4.97. The van der Waals surface area contributed by atoms with E-state index in [0.29, 0.717) is 26.4 Å². The Morgan fingerprint density at radius 1 is 0.812 bits per heavy atom. The monoisotopic (exact) mass is 214 g/mol. The maximum atomic E-state index is 5.21. The van der Waals surface area contributed by atoms with Crippen LogP contribution in [0, 0.1) is 24.7 Å². The van der Waals surface area contributed by atoms with Gasteiger partial charge in [0, 0.05) is 0 Å². The van der Waals surface area contributed by atoms with Gasteiger partial charge in [-0.3, -0.25) is 0 Å². The Balaban J connectivity index is 2.36. The highest BCUT2D eigenvalue weighted by molar-refractivity contribution is 5.21. The fraction of sp³-hybridized carbons (Fsp3) is 0.286. The van der Waals surface area contributed by atoms with Crippen LogP contribution in [0.2, 0.25) is 0 Å². The summed E-state index contributed by atoms with van der Waals surface area (Å²) in [6.45, 7) is 1.76. The van der Waals surface area contributed by atoms with Crippen molar-refractivity contribution in [3.05, 3.63) is 35.4 Å². The van der Waals surface area contributed by atoms with E-state index < -0.39 is 0 Å². The molecule has 0 radical (unpaired) electrons. The van der Waals surface area contributed by atoms with E-state index in [0.717, 1.165) is 11.1 Å². The lowest BCUT2D eigenvalue weighted by molar-refractivity contribution is 0.151. The molecule has 0 saturated carbocycles. The molecule has 1 aromatic carbocycles. The summed E-state index contributed by atoms with van der Waals surface area (Å²) in [5.74, 6) is 4.85. The Morgan fingerprint density at radius 3 is 1.50 bits per heavy atom. The first-order chi connectivity index (χ1) is 7.86. The Bertz CT molecular complexity index is 340. The van der Waals surface area contributed by atoms with E-state index in [4.69, 9.17) is 22.3 Å². The van der Waals surface area contributed by atoms with Crippen LogP contribution in [-0.2, 0) is 22.7 Å². The summed E-state index contributed by atoms with van der Waals surface area (Å²) in [4.78, 5) is 0. The molecule has 1 rings (SSSR count). The van der Waals surface area contributed by atoms with Crippen LogP contribution in [0.4, 0.5) is 0 Å². The van der Waals surface area contributed by atoms with Gasteiger partial charge in [0.25, 0.3) is 0 Å². The Labute approximate surface area is 96.6 Å². The molecule has 0 fully saturated rings. The fourth-order valence-electron chi connectivity index (χ4n) is 1.19. The third-order valence-corrected chi connectivity index (χ3v) is 1.93. The topological polar surface area (TPSA) is 18.5 Å². The normalized spacial score (nSPS) is 9.38. The van der Waals surface area contributed by atoms with Crippen molar-refractivity contribution in [1.29, 1.82) is 0 Å². The molecular weight excluding hydrogens is 200 g/mol. The third-order valence-electron chi connectivity index (χ3n) is 1.93. The van der Waals surface area contributed by atoms with E-state index in [1.807, 2.05) is 24.3 Å². The molecule has 0 unspecified atom stereocenters. The maximum Gasteiger partial charge on any atom is 0.107 e. The van der Waals surface area contributed by atoms with E-state index in [2.05, 4.69) is 11.8 Å². The van der Waals surface area contributed by atoms with Crippen molar-refractivity contribution in [3.8, 4) is 24.7 Å². The first-order valence-corrected chi connectivity index (χ1v) is 4.97. The number of rotatable bonds is 6. The van der Waals surface area contributed by atoms with Gasteiger partial charge in [-0.2, -0.15) is 0 Å². The van der Waals surface area contributed by atoms with E-state index in [9.17, 15) is 0 Å². The van der Waals surface area contributed by atoms with Crippen molar-refractivity contribution in [2.24, 2.45) is 0 Å². The van der Waals surface area contributed by atoms with Gasteiger partial charge in [0.05, 0.1) is 13.2 Å². The molecule has 16 heavy (non-hydrogen) atoms. The van der Waals surface area contributed by atoms with Crippen LogP contribution in [0.15, 0.2) is 24.3 Å². The minimum atomic E-state index is 0.340. The zero-order valence-corrected chi connectivity index (χ0v) is 9.11. The predicted molar refractivity (Wildman–Crippen MR) is 63.4 cm³/mol. The highest BCUT2D eigenvalue weighted by Gasteiger charge is 1.95. The van der Waals surface area contributed by atoms with Gasteiger partial charge in [-0.1, -0.05) is 36.1 Å².